The summed E-state index contributed by atoms with van der Waals surface area (Å²) in [5.41, 5.74) is -0.742. The number of benzene rings is 1. The second-order valence-corrected chi connectivity index (χ2v) is 5.46. The maximum Gasteiger partial charge on any atom is 0.412 e. The fraction of sp³-hybridized carbons (Fsp3) is 0.429. The number of anilines is 1. The van der Waals surface area contributed by atoms with Crippen LogP contribution in [0.15, 0.2) is 6.07 Å². The molecule has 1 heterocycles. The molecule has 0 spiro atoms. The third kappa shape index (κ3) is 3.36. The Morgan fingerprint density at radius 1 is 1.38 bits per heavy atom. The third-order valence-corrected chi connectivity index (χ3v) is 2.59. The van der Waals surface area contributed by atoms with E-state index in [-0.39, 0.29) is 35.1 Å². The molecule has 114 valence electrons. The molecule has 0 radical (unpaired) electrons. The normalized spacial score (nSPS) is 13.5. The molecule has 0 saturated carbocycles. The number of carbonyl (C=O) groups excluding carboxylic acids is 2. The van der Waals surface area contributed by atoms with Crippen molar-refractivity contribution in [3.63, 3.8) is 0 Å². The summed E-state index contributed by atoms with van der Waals surface area (Å²) >= 11 is 0. The molecule has 1 aromatic rings. The lowest BCUT2D eigenvalue weighted by Gasteiger charge is -2.24. The molecule has 7 nitrogen and oxygen atoms in total. The van der Waals surface area contributed by atoms with Gasteiger partial charge < -0.3 is 19.3 Å². The number of aldehydes is 1. The SMILES string of the molecule is CC(C)(C)OC(=O)Nc1c(O)c(C=O)cc2c1OCCO2. The summed E-state index contributed by atoms with van der Waals surface area (Å²) < 4.78 is 15.9. The Morgan fingerprint density at radius 3 is 2.67 bits per heavy atom. The maximum atomic E-state index is 11.8. The molecule has 0 aromatic heterocycles. The number of fused-ring (bicyclic) bond motifs is 1. The van der Waals surface area contributed by atoms with Crippen LogP contribution < -0.4 is 14.8 Å². The van der Waals surface area contributed by atoms with Crippen molar-refractivity contribution in [1.29, 1.82) is 0 Å². The van der Waals surface area contributed by atoms with Crippen molar-refractivity contribution in [3.05, 3.63) is 11.6 Å². The summed E-state index contributed by atoms with van der Waals surface area (Å²) in [4.78, 5) is 22.8. The van der Waals surface area contributed by atoms with Crippen LogP contribution in [0, 0.1) is 0 Å². The number of ether oxygens (including phenoxy) is 3. The molecule has 0 saturated heterocycles. The molecule has 1 amide bonds. The lowest BCUT2D eigenvalue weighted by molar-refractivity contribution is 0.0633. The fourth-order valence-corrected chi connectivity index (χ4v) is 1.81. The summed E-state index contributed by atoms with van der Waals surface area (Å²) in [6.07, 6.45) is -0.300. The number of phenolic OH excluding ortho intramolecular Hbond substituents is 1. The quantitative estimate of drug-likeness (QED) is 0.642. The minimum absolute atomic E-state index is 0.00897. The highest BCUT2D eigenvalue weighted by Crippen LogP contribution is 2.45. The van der Waals surface area contributed by atoms with E-state index in [1.165, 1.54) is 6.07 Å². The zero-order chi connectivity index (χ0) is 15.6. The maximum absolute atomic E-state index is 11.8. The smallest absolute Gasteiger partial charge is 0.412 e. The second-order valence-electron chi connectivity index (χ2n) is 5.46. The van der Waals surface area contributed by atoms with Gasteiger partial charge in [0.05, 0.1) is 5.56 Å². The highest BCUT2D eigenvalue weighted by atomic mass is 16.6. The Hall–Kier alpha value is -2.44. The highest BCUT2D eigenvalue weighted by Gasteiger charge is 2.26. The number of hydrogen-bond acceptors (Lipinski definition) is 6. The Morgan fingerprint density at radius 2 is 2.05 bits per heavy atom. The van der Waals surface area contributed by atoms with E-state index in [9.17, 15) is 14.7 Å². The minimum atomic E-state index is -0.766. The van der Waals surface area contributed by atoms with Crippen LogP contribution in [0.2, 0.25) is 0 Å². The number of amides is 1. The zero-order valence-corrected chi connectivity index (χ0v) is 12.1. The Bertz CT molecular complexity index is 576. The van der Waals surface area contributed by atoms with Gasteiger partial charge in [0.2, 0.25) is 0 Å². The standard InChI is InChI=1S/C14H17NO6/c1-14(2,3)21-13(18)15-10-11(17)8(7-16)6-9-12(10)20-5-4-19-9/h6-7,17H,4-5H2,1-3H3,(H,15,18). The van der Waals surface area contributed by atoms with Gasteiger partial charge in [-0.25, -0.2) is 4.79 Å². The molecular weight excluding hydrogens is 278 g/mol. The first-order valence-electron chi connectivity index (χ1n) is 6.42. The molecule has 1 aliphatic rings. The van der Waals surface area contributed by atoms with Crippen LogP contribution in [0.5, 0.6) is 17.2 Å². The van der Waals surface area contributed by atoms with Crippen LogP contribution in [0.3, 0.4) is 0 Å². The summed E-state index contributed by atoms with van der Waals surface area (Å²) in [5.74, 6) is 0.0718. The lowest BCUT2D eigenvalue weighted by Crippen LogP contribution is -2.28. The Balaban J connectivity index is 2.37. The van der Waals surface area contributed by atoms with Crippen molar-refractivity contribution in [2.45, 2.75) is 26.4 Å². The van der Waals surface area contributed by atoms with Gasteiger partial charge >= 0.3 is 6.09 Å². The van der Waals surface area contributed by atoms with Gasteiger partial charge in [0.25, 0.3) is 0 Å². The van der Waals surface area contributed by atoms with Crippen LogP contribution in [0.1, 0.15) is 31.1 Å². The highest BCUT2D eigenvalue weighted by molar-refractivity contribution is 5.95. The van der Waals surface area contributed by atoms with Crippen LogP contribution in [0.4, 0.5) is 10.5 Å². The van der Waals surface area contributed by atoms with Gasteiger partial charge in [-0.1, -0.05) is 0 Å². The molecular formula is C14H17NO6. The number of nitrogens with one attached hydrogen (secondary N) is 1. The molecule has 7 heteroatoms. The van der Waals surface area contributed by atoms with Crippen LogP contribution in [-0.2, 0) is 4.74 Å². The molecule has 2 rings (SSSR count). The molecule has 1 aliphatic heterocycles. The first kappa shape index (κ1) is 15.0. The first-order chi connectivity index (χ1) is 9.81. The van der Waals surface area contributed by atoms with Crippen molar-refractivity contribution in [2.24, 2.45) is 0 Å². The molecule has 2 N–H and O–H groups in total. The van der Waals surface area contributed by atoms with E-state index in [4.69, 9.17) is 14.2 Å². The number of rotatable bonds is 2. The third-order valence-electron chi connectivity index (χ3n) is 2.59. The molecule has 0 bridgehead atoms. The van der Waals surface area contributed by atoms with Gasteiger partial charge in [0.15, 0.2) is 23.5 Å². The minimum Gasteiger partial charge on any atom is -0.505 e. The lowest BCUT2D eigenvalue weighted by atomic mass is 10.1. The Kier molecular flexibility index (Phi) is 3.93. The van der Waals surface area contributed by atoms with Gasteiger partial charge in [0, 0.05) is 0 Å². The average molecular weight is 295 g/mol. The molecule has 0 fully saturated rings. The number of phenols is 1. The van der Waals surface area contributed by atoms with Crippen LogP contribution in [-0.4, -0.2) is 36.3 Å². The van der Waals surface area contributed by atoms with Gasteiger partial charge in [-0.2, -0.15) is 0 Å². The van der Waals surface area contributed by atoms with Crippen molar-refractivity contribution < 1.29 is 28.9 Å². The van der Waals surface area contributed by atoms with Crippen molar-refractivity contribution in [3.8, 4) is 17.2 Å². The summed E-state index contributed by atoms with van der Waals surface area (Å²) in [6.45, 7) is 5.73. The van der Waals surface area contributed by atoms with Gasteiger partial charge in [-0.05, 0) is 26.8 Å². The average Bonchev–Trinajstić information content (AvgIpc) is 2.39. The number of aromatic hydroxyl groups is 1. The largest absolute Gasteiger partial charge is 0.505 e. The molecule has 0 unspecified atom stereocenters. The molecule has 0 aliphatic carbocycles. The predicted octanol–water partition coefficient (Wildman–Crippen LogP) is 2.32. The number of carbonyl (C=O) groups is 2. The van der Waals surface area contributed by atoms with Gasteiger partial charge in [-0.3, -0.25) is 10.1 Å². The van der Waals surface area contributed by atoms with E-state index < -0.39 is 11.7 Å². The van der Waals surface area contributed by atoms with E-state index in [0.717, 1.165) is 0 Å². The Labute approximate surface area is 121 Å². The topological polar surface area (TPSA) is 94.1 Å². The predicted molar refractivity (Wildman–Crippen MR) is 74.3 cm³/mol. The fourth-order valence-electron chi connectivity index (χ4n) is 1.81. The van der Waals surface area contributed by atoms with Crippen molar-refractivity contribution >= 4 is 18.1 Å². The van der Waals surface area contributed by atoms with Crippen LogP contribution in [0.25, 0.3) is 0 Å². The van der Waals surface area contributed by atoms with Gasteiger partial charge in [-0.15, -0.1) is 0 Å². The monoisotopic (exact) mass is 295 g/mol. The van der Waals surface area contributed by atoms with Crippen molar-refractivity contribution in [1.82, 2.24) is 0 Å². The summed E-state index contributed by atoms with van der Waals surface area (Å²) in [5, 5.41) is 12.4. The van der Waals surface area contributed by atoms with Crippen molar-refractivity contribution in [2.75, 3.05) is 18.5 Å². The zero-order valence-electron chi connectivity index (χ0n) is 12.1. The van der Waals surface area contributed by atoms with E-state index in [2.05, 4.69) is 5.32 Å². The van der Waals surface area contributed by atoms with E-state index >= 15 is 0 Å². The molecule has 21 heavy (non-hydrogen) atoms. The van der Waals surface area contributed by atoms with Crippen LogP contribution >= 0.6 is 0 Å². The second kappa shape index (κ2) is 5.51. The first-order valence-corrected chi connectivity index (χ1v) is 6.42. The van der Waals surface area contributed by atoms with Gasteiger partial charge in [0.1, 0.15) is 24.5 Å². The molecule has 0 atom stereocenters. The number of hydrogen-bond donors (Lipinski definition) is 2. The summed E-state index contributed by atoms with van der Waals surface area (Å²) in [6, 6.07) is 1.36. The summed E-state index contributed by atoms with van der Waals surface area (Å²) in [7, 11) is 0. The molecule has 1 aromatic carbocycles. The van der Waals surface area contributed by atoms with E-state index in [0.29, 0.717) is 12.9 Å². The van der Waals surface area contributed by atoms with E-state index in [1.54, 1.807) is 20.8 Å². The van der Waals surface area contributed by atoms with E-state index in [1.807, 2.05) is 0 Å².